The molecule has 0 aliphatic carbocycles. The van der Waals surface area contributed by atoms with Crippen LogP contribution in [0.15, 0.2) is 12.2 Å². The molecule has 0 fully saturated rings. The van der Waals surface area contributed by atoms with E-state index in [0.29, 0.717) is 12.8 Å². The molecule has 12 heavy (non-hydrogen) atoms. The van der Waals surface area contributed by atoms with E-state index in [0.717, 1.165) is 12.8 Å². The van der Waals surface area contributed by atoms with Crippen LogP contribution in [0.5, 0.6) is 0 Å². The normalized spacial score (nSPS) is 28.1. The first kappa shape index (κ1) is 9.26. The lowest BCUT2D eigenvalue weighted by Crippen LogP contribution is -2.20. The second-order valence-electron chi connectivity index (χ2n) is 2.89. The Balaban J connectivity index is 2.46. The van der Waals surface area contributed by atoms with E-state index in [9.17, 15) is 4.79 Å². The summed E-state index contributed by atoms with van der Waals surface area (Å²) in [6.07, 6.45) is 6.50. The second kappa shape index (κ2) is 4.93. The summed E-state index contributed by atoms with van der Waals surface area (Å²) >= 11 is 0. The maximum atomic E-state index is 11.0. The van der Waals surface area contributed by atoms with E-state index in [1.807, 2.05) is 12.2 Å². The topological polar surface area (TPSA) is 46.5 Å². The standard InChI is InChI=1S/C9H14O3/c10-7-8-5-3-1-2-4-6-9(11)12-8/h1,3,8,10H,2,4-7H2/b3-1-/t8-/m0/s1. The van der Waals surface area contributed by atoms with Gasteiger partial charge in [-0.05, 0) is 12.8 Å². The molecule has 1 aliphatic rings. The molecule has 68 valence electrons. The average Bonchev–Trinajstić information content (AvgIpc) is 2.16. The third-order valence-electron chi connectivity index (χ3n) is 1.82. The molecule has 0 unspecified atom stereocenters. The number of ether oxygens (including phenoxy) is 1. The number of hydrogen-bond donors (Lipinski definition) is 1. The highest BCUT2D eigenvalue weighted by molar-refractivity contribution is 5.69. The van der Waals surface area contributed by atoms with E-state index < -0.39 is 0 Å². The Bertz CT molecular complexity index is 175. The van der Waals surface area contributed by atoms with Crippen LogP contribution in [0.1, 0.15) is 25.7 Å². The highest BCUT2D eigenvalue weighted by Gasteiger charge is 2.12. The maximum Gasteiger partial charge on any atom is 0.306 e. The van der Waals surface area contributed by atoms with Crippen LogP contribution in [-0.2, 0) is 9.53 Å². The summed E-state index contributed by atoms with van der Waals surface area (Å²) in [6.45, 7) is -0.0872. The van der Waals surface area contributed by atoms with Crippen molar-refractivity contribution in [3.63, 3.8) is 0 Å². The van der Waals surface area contributed by atoms with Gasteiger partial charge in [0.05, 0.1) is 6.61 Å². The lowest BCUT2D eigenvalue weighted by molar-refractivity contribution is -0.150. The summed E-state index contributed by atoms with van der Waals surface area (Å²) in [7, 11) is 0. The highest BCUT2D eigenvalue weighted by atomic mass is 16.5. The molecule has 0 aromatic carbocycles. The molecule has 1 rings (SSSR count). The molecule has 0 aromatic heterocycles. The lowest BCUT2D eigenvalue weighted by Gasteiger charge is -2.12. The fourth-order valence-corrected chi connectivity index (χ4v) is 1.13. The number of carbonyl (C=O) groups excluding carboxylic acids is 1. The zero-order valence-corrected chi connectivity index (χ0v) is 7.03. The van der Waals surface area contributed by atoms with Crippen LogP contribution >= 0.6 is 0 Å². The molecule has 3 heteroatoms. The Labute approximate surface area is 72.0 Å². The molecule has 1 atom stereocenters. The molecule has 3 nitrogen and oxygen atoms in total. The van der Waals surface area contributed by atoms with Crippen LogP contribution in [0.4, 0.5) is 0 Å². The van der Waals surface area contributed by atoms with Crippen molar-refractivity contribution < 1.29 is 14.6 Å². The summed E-state index contributed by atoms with van der Waals surface area (Å²) in [5, 5.41) is 8.81. The Morgan fingerprint density at radius 1 is 1.58 bits per heavy atom. The van der Waals surface area contributed by atoms with Crippen molar-refractivity contribution in [1.29, 1.82) is 0 Å². The Morgan fingerprint density at radius 3 is 3.17 bits per heavy atom. The number of rotatable bonds is 1. The van der Waals surface area contributed by atoms with Crippen molar-refractivity contribution in [3.05, 3.63) is 12.2 Å². The van der Waals surface area contributed by atoms with Gasteiger partial charge in [-0.25, -0.2) is 0 Å². The van der Waals surface area contributed by atoms with Crippen molar-refractivity contribution in [2.75, 3.05) is 6.61 Å². The van der Waals surface area contributed by atoms with Crippen LogP contribution in [0.3, 0.4) is 0 Å². The van der Waals surface area contributed by atoms with Gasteiger partial charge in [0.1, 0.15) is 6.10 Å². The summed E-state index contributed by atoms with van der Waals surface area (Å²) in [4.78, 5) is 11.0. The molecule has 0 saturated carbocycles. The number of aliphatic hydroxyl groups excluding tert-OH is 1. The molecular weight excluding hydrogens is 156 g/mol. The van der Waals surface area contributed by atoms with Crippen LogP contribution in [0.25, 0.3) is 0 Å². The van der Waals surface area contributed by atoms with Crippen molar-refractivity contribution in [2.24, 2.45) is 0 Å². The Kier molecular flexibility index (Phi) is 3.80. The zero-order chi connectivity index (χ0) is 8.81. The molecule has 0 aromatic rings. The van der Waals surface area contributed by atoms with Crippen molar-refractivity contribution in [3.8, 4) is 0 Å². The molecule has 1 heterocycles. The average molecular weight is 170 g/mol. The lowest BCUT2D eigenvalue weighted by atomic mass is 10.2. The summed E-state index contributed by atoms with van der Waals surface area (Å²) in [6, 6.07) is 0. The minimum atomic E-state index is -0.341. The number of hydrogen-bond acceptors (Lipinski definition) is 3. The second-order valence-corrected chi connectivity index (χ2v) is 2.89. The van der Waals surface area contributed by atoms with Gasteiger partial charge in [-0.3, -0.25) is 4.79 Å². The zero-order valence-electron chi connectivity index (χ0n) is 7.03. The predicted octanol–water partition coefficient (Wildman–Crippen LogP) is 1.02. The molecule has 1 aliphatic heterocycles. The molecule has 0 bridgehead atoms. The van der Waals surface area contributed by atoms with Gasteiger partial charge in [-0.15, -0.1) is 0 Å². The Hall–Kier alpha value is -0.830. The van der Waals surface area contributed by atoms with Gasteiger partial charge < -0.3 is 9.84 Å². The smallest absolute Gasteiger partial charge is 0.306 e. The monoisotopic (exact) mass is 170 g/mol. The first-order valence-corrected chi connectivity index (χ1v) is 4.28. The third kappa shape index (κ3) is 3.05. The Morgan fingerprint density at radius 2 is 2.42 bits per heavy atom. The van der Waals surface area contributed by atoms with E-state index in [1.54, 1.807) is 0 Å². The van der Waals surface area contributed by atoms with Crippen molar-refractivity contribution >= 4 is 5.97 Å². The van der Waals surface area contributed by atoms with Crippen LogP contribution in [0.2, 0.25) is 0 Å². The minimum absolute atomic E-state index is 0.0872. The van der Waals surface area contributed by atoms with Crippen LogP contribution < -0.4 is 0 Å². The van der Waals surface area contributed by atoms with E-state index >= 15 is 0 Å². The third-order valence-corrected chi connectivity index (χ3v) is 1.82. The molecule has 0 radical (unpaired) electrons. The maximum absolute atomic E-state index is 11.0. The number of carbonyl (C=O) groups is 1. The summed E-state index contributed by atoms with van der Waals surface area (Å²) in [5.41, 5.74) is 0. The van der Waals surface area contributed by atoms with Gasteiger partial charge in [0.25, 0.3) is 0 Å². The quantitative estimate of drug-likeness (QED) is 0.472. The minimum Gasteiger partial charge on any atom is -0.460 e. The van der Waals surface area contributed by atoms with Crippen molar-refractivity contribution in [2.45, 2.75) is 31.8 Å². The molecule has 1 N–H and O–H groups in total. The van der Waals surface area contributed by atoms with E-state index in [1.165, 1.54) is 0 Å². The first-order chi connectivity index (χ1) is 5.83. The van der Waals surface area contributed by atoms with Crippen LogP contribution in [-0.4, -0.2) is 23.8 Å². The number of cyclic esters (lactones) is 1. The highest BCUT2D eigenvalue weighted by Crippen LogP contribution is 2.08. The first-order valence-electron chi connectivity index (χ1n) is 4.28. The molecule has 0 amide bonds. The number of esters is 1. The van der Waals surface area contributed by atoms with Gasteiger partial charge >= 0.3 is 5.97 Å². The largest absolute Gasteiger partial charge is 0.460 e. The van der Waals surface area contributed by atoms with Gasteiger partial charge in [0.15, 0.2) is 0 Å². The molecular formula is C9H14O3. The fraction of sp³-hybridized carbons (Fsp3) is 0.667. The number of allylic oxidation sites excluding steroid dienone is 1. The van der Waals surface area contributed by atoms with Gasteiger partial charge in [-0.2, -0.15) is 0 Å². The van der Waals surface area contributed by atoms with Gasteiger partial charge in [-0.1, -0.05) is 12.2 Å². The molecule has 0 spiro atoms. The van der Waals surface area contributed by atoms with Gasteiger partial charge in [0, 0.05) is 12.8 Å². The van der Waals surface area contributed by atoms with E-state index in [-0.39, 0.29) is 18.7 Å². The summed E-state index contributed by atoms with van der Waals surface area (Å²) in [5.74, 6) is -0.197. The van der Waals surface area contributed by atoms with Crippen LogP contribution in [0, 0.1) is 0 Å². The fourth-order valence-electron chi connectivity index (χ4n) is 1.13. The van der Waals surface area contributed by atoms with Gasteiger partial charge in [0.2, 0.25) is 0 Å². The predicted molar refractivity (Wildman–Crippen MR) is 44.6 cm³/mol. The van der Waals surface area contributed by atoms with Crippen molar-refractivity contribution in [1.82, 2.24) is 0 Å². The SMILES string of the molecule is O=C1CCC/C=C\C[C@@H](CO)O1. The van der Waals surface area contributed by atoms with E-state index in [4.69, 9.17) is 9.84 Å². The summed E-state index contributed by atoms with van der Waals surface area (Å²) < 4.78 is 4.98. The van der Waals surface area contributed by atoms with E-state index in [2.05, 4.69) is 0 Å². The number of aliphatic hydroxyl groups is 1. The molecule has 0 saturated heterocycles.